The van der Waals surface area contributed by atoms with E-state index in [0.29, 0.717) is 22.9 Å². The molecule has 2 aromatic carbocycles. The molecule has 7 nitrogen and oxygen atoms in total. The van der Waals surface area contributed by atoms with Gasteiger partial charge >= 0.3 is 0 Å². The van der Waals surface area contributed by atoms with E-state index in [1.54, 1.807) is 43.5 Å². The Morgan fingerprint density at radius 3 is 2.43 bits per heavy atom. The molecule has 0 unspecified atom stereocenters. The van der Waals surface area contributed by atoms with Crippen LogP contribution in [0.25, 0.3) is 0 Å². The first-order valence-electron chi connectivity index (χ1n) is 6.58. The van der Waals surface area contributed by atoms with Gasteiger partial charge in [-0.05, 0) is 30.4 Å². The van der Waals surface area contributed by atoms with Crippen LogP contribution in [0.3, 0.4) is 0 Å². The molecular weight excluding hydrogens is 318 g/mol. The number of nitrogens with one attached hydrogen (secondary N) is 2. The van der Waals surface area contributed by atoms with Crippen molar-refractivity contribution in [1.82, 2.24) is 0 Å². The molecule has 0 heterocycles. The highest BCUT2D eigenvalue weighted by atomic mass is 32.1. The van der Waals surface area contributed by atoms with Gasteiger partial charge in [-0.2, -0.15) is 0 Å². The van der Waals surface area contributed by atoms with E-state index in [-0.39, 0.29) is 10.8 Å². The smallest absolute Gasteiger partial charge is 0.292 e. The SMILES string of the molecule is COc1ccc(NC(=S)Nc2ccccc2[N+](=O)[O-])cc1OC. The second-order valence-electron chi connectivity index (χ2n) is 4.42. The number of nitro benzene ring substituents is 1. The molecule has 120 valence electrons. The minimum Gasteiger partial charge on any atom is -0.493 e. The van der Waals surface area contributed by atoms with Crippen molar-refractivity contribution in [3.63, 3.8) is 0 Å². The lowest BCUT2D eigenvalue weighted by Crippen LogP contribution is -2.19. The zero-order chi connectivity index (χ0) is 16.8. The van der Waals surface area contributed by atoms with Gasteiger partial charge in [0.05, 0.1) is 19.1 Å². The summed E-state index contributed by atoms with van der Waals surface area (Å²) in [6, 6.07) is 11.5. The zero-order valence-corrected chi connectivity index (χ0v) is 13.3. The third-order valence-electron chi connectivity index (χ3n) is 2.99. The first-order chi connectivity index (χ1) is 11.0. The Labute approximate surface area is 138 Å². The molecule has 2 aromatic rings. The number of anilines is 2. The van der Waals surface area contributed by atoms with Crippen molar-refractivity contribution in [2.75, 3.05) is 24.9 Å². The van der Waals surface area contributed by atoms with Crippen LogP contribution < -0.4 is 20.1 Å². The van der Waals surface area contributed by atoms with Gasteiger partial charge < -0.3 is 20.1 Å². The second kappa shape index (κ2) is 7.41. The van der Waals surface area contributed by atoms with E-state index in [1.165, 1.54) is 13.2 Å². The number of hydrogen-bond donors (Lipinski definition) is 2. The van der Waals surface area contributed by atoms with Gasteiger partial charge in [0.2, 0.25) is 0 Å². The normalized spacial score (nSPS) is 9.83. The Bertz CT molecular complexity index is 736. The van der Waals surface area contributed by atoms with Crippen molar-refractivity contribution in [1.29, 1.82) is 0 Å². The molecule has 0 atom stereocenters. The lowest BCUT2D eigenvalue weighted by molar-refractivity contribution is -0.383. The van der Waals surface area contributed by atoms with E-state index < -0.39 is 4.92 Å². The molecular formula is C15H15N3O4S. The summed E-state index contributed by atoms with van der Waals surface area (Å²) in [6.45, 7) is 0. The molecule has 0 saturated heterocycles. The van der Waals surface area contributed by atoms with E-state index in [1.807, 2.05) is 0 Å². The van der Waals surface area contributed by atoms with Crippen LogP contribution in [0.1, 0.15) is 0 Å². The van der Waals surface area contributed by atoms with Crippen LogP contribution >= 0.6 is 12.2 Å². The Morgan fingerprint density at radius 2 is 1.78 bits per heavy atom. The third kappa shape index (κ3) is 4.07. The number of rotatable bonds is 5. The van der Waals surface area contributed by atoms with E-state index in [2.05, 4.69) is 10.6 Å². The zero-order valence-electron chi connectivity index (χ0n) is 12.5. The molecule has 0 aliphatic carbocycles. The molecule has 0 aliphatic rings. The van der Waals surface area contributed by atoms with Crippen molar-refractivity contribution >= 4 is 34.4 Å². The summed E-state index contributed by atoms with van der Waals surface area (Å²) in [5, 5.41) is 17.0. The van der Waals surface area contributed by atoms with E-state index in [9.17, 15) is 10.1 Å². The van der Waals surface area contributed by atoms with Crippen LogP contribution in [-0.2, 0) is 0 Å². The van der Waals surface area contributed by atoms with Gasteiger partial charge in [-0.1, -0.05) is 12.1 Å². The highest BCUT2D eigenvalue weighted by molar-refractivity contribution is 7.80. The molecule has 0 aromatic heterocycles. The minimum atomic E-state index is -0.471. The predicted octanol–water partition coefficient (Wildman–Crippen LogP) is 3.42. The van der Waals surface area contributed by atoms with Crippen LogP contribution in [-0.4, -0.2) is 24.3 Å². The van der Waals surface area contributed by atoms with E-state index in [0.717, 1.165) is 0 Å². The van der Waals surface area contributed by atoms with Crippen molar-refractivity contribution < 1.29 is 14.4 Å². The summed E-state index contributed by atoms with van der Waals surface area (Å²) in [4.78, 5) is 10.5. The molecule has 0 fully saturated rings. The van der Waals surface area contributed by atoms with Crippen molar-refractivity contribution in [3.8, 4) is 11.5 Å². The van der Waals surface area contributed by atoms with E-state index >= 15 is 0 Å². The first kappa shape index (κ1) is 16.5. The fourth-order valence-electron chi connectivity index (χ4n) is 1.94. The molecule has 0 aliphatic heterocycles. The monoisotopic (exact) mass is 333 g/mol. The molecule has 0 bridgehead atoms. The Kier molecular flexibility index (Phi) is 5.32. The Hall–Kier alpha value is -2.87. The quantitative estimate of drug-likeness (QED) is 0.492. The van der Waals surface area contributed by atoms with Crippen LogP contribution in [0, 0.1) is 10.1 Å². The van der Waals surface area contributed by atoms with Gasteiger partial charge in [0.25, 0.3) is 5.69 Å². The number of thiocarbonyl (C=S) groups is 1. The highest BCUT2D eigenvalue weighted by Gasteiger charge is 2.13. The number of benzene rings is 2. The number of nitrogens with zero attached hydrogens (tertiary/aromatic N) is 1. The van der Waals surface area contributed by atoms with Crippen LogP contribution in [0.5, 0.6) is 11.5 Å². The van der Waals surface area contributed by atoms with Crippen molar-refractivity contribution in [2.24, 2.45) is 0 Å². The Morgan fingerprint density at radius 1 is 1.09 bits per heavy atom. The average Bonchev–Trinajstić information content (AvgIpc) is 2.54. The van der Waals surface area contributed by atoms with Gasteiger partial charge in [-0.3, -0.25) is 10.1 Å². The number of hydrogen-bond acceptors (Lipinski definition) is 5. The summed E-state index contributed by atoms with van der Waals surface area (Å²) in [6.07, 6.45) is 0. The summed E-state index contributed by atoms with van der Waals surface area (Å²) in [7, 11) is 3.08. The number of nitro groups is 1. The fourth-order valence-corrected chi connectivity index (χ4v) is 2.16. The summed E-state index contributed by atoms with van der Waals surface area (Å²) < 4.78 is 10.4. The first-order valence-corrected chi connectivity index (χ1v) is 6.99. The second-order valence-corrected chi connectivity index (χ2v) is 4.83. The standard InChI is InChI=1S/C15H15N3O4S/c1-21-13-8-7-10(9-14(13)22-2)16-15(23)17-11-5-3-4-6-12(11)18(19)20/h3-9H,1-2H3,(H2,16,17,23). The lowest BCUT2D eigenvalue weighted by atomic mass is 10.2. The van der Waals surface area contributed by atoms with Crippen LogP contribution in [0.15, 0.2) is 42.5 Å². The van der Waals surface area contributed by atoms with E-state index in [4.69, 9.17) is 21.7 Å². The van der Waals surface area contributed by atoms with Gasteiger partial charge in [0.15, 0.2) is 16.6 Å². The number of para-hydroxylation sites is 2. The molecule has 0 amide bonds. The van der Waals surface area contributed by atoms with Crippen molar-refractivity contribution in [3.05, 3.63) is 52.6 Å². The molecule has 0 saturated carbocycles. The summed E-state index contributed by atoms with van der Waals surface area (Å²) in [5.41, 5.74) is 0.929. The van der Waals surface area contributed by atoms with Gasteiger partial charge in [0, 0.05) is 17.8 Å². The van der Waals surface area contributed by atoms with Gasteiger partial charge in [-0.15, -0.1) is 0 Å². The maximum atomic E-state index is 11.0. The third-order valence-corrected chi connectivity index (χ3v) is 3.19. The Balaban J connectivity index is 2.13. The topological polar surface area (TPSA) is 85.7 Å². The number of ether oxygens (including phenoxy) is 2. The predicted molar refractivity (Wildman–Crippen MR) is 92.5 cm³/mol. The van der Waals surface area contributed by atoms with Crippen molar-refractivity contribution in [2.45, 2.75) is 0 Å². The molecule has 2 rings (SSSR count). The molecule has 0 radical (unpaired) electrons. The molecule has 2 N–H and O–H groups in total. The largest absolute Gasteiger partial charge is 0.493 e. The molecule has 8 heteroatoms. The molecule has 0 spiro atoms. The fraction of sp³-hybridized carbons (Fsp3) is 0.133. The van der Waals surface area contributed by atoms with Crippen LogP contribution in [0.4, 0.5) is 17.1 Å². The van der Waals surface area contributed by atoms with Crippen LogP contribution in [0.2, 0.25) is 0 Å². The van der Waals surface area contributed by atoms with Gasteiger partial charge in [0.1, 0.15) is 5.69 Å². The number of methoxy groups -OCH3 is 2. The maximum absolute atomic E-state index is 11.0. The summed E-state index contributed by atoms with van der Waals surface area (Å²) in [5.74, 6) is 1.14. The minimum absolute atomic E-state index is 0.0519. The molecule has 23 heavy (non-hydrogen) atoms. The van der Waals surface area contributed by atoms with Gasteiger partial charge in [-0.25, -0.2) is 0 Å². The average molecular weight is 333 g/mol. The maximum Gasteiger partial charge on any atom is 0.292 e. The lowest BCUT2D eigenvalue weighted by Gasteiger charge is -2.13. The highest BCUT2D eigenvalue weighted by Crippen LogP contribution is 2.30. The summed E-state index contributed by atoms with van der Waals surface area (Å²) >= 11 is 5.19.